The zero-order valence-corrected chi connectivity index (χ0v) is 18.5. The first-order valence-corrected chi connectivity index (χ1v) is 9.84. The topological polar surface area (TPSA) is 43.0 Å². The highest BCUT2D eigenvalue weighted by Crippen LogP contribution is 2.36. The quantitative estimate of drug-likeness (QED) is 0.603. The molecule has 152 valence electrons. The predicted octanol–water partition coefficient (Wildman–Crippen LogP) is 5.02. The molecule has 1 unspecified atom stereocenters. The summed E-state index contributed by atoms with van der Waals surface area (Å²) in [5, 5.41) is 4.37. The smallest absolute Gasteiger partial charge is 0.173 e. The summed E-state index contributed by atoms with van der Waals surface area (Å²) in [5.74, 6) is 2.01. The molecule has 2 aromatic carbocycles. The molecule has 0 saturated carbocycles. The van der Waals surface area contributed by atoms with Crippen LogP contribution in [0.1, 0.15) is 19.4 Å². The van der Waals surface area contributed by atoms with Crippen LogP contribution in [0.4, 0.5) is 5.69 Å². The van der Waals surface area contributed by atoms with Gasteiger partial charge in [-0.05, 0) is 50.2 Å². The molecule has 0 aliphatic carbocycles. The molecule has 0 aliphatic rings. The van der Waals surface area contributed by atoms with Gasteiger partial charge in [-0.2, -0.15) is 0 Å². The van der Waals surface area contributed by atoms with Gasteiger partial charge in [0.25, 0.3) is 0 Å². The number of hydrogen-bond acceptors (Lipinski definition) is 4. The summed E-state index contributed by atoms with van der Waals surface area (Å²) in [6.07, 6.45) is 0.862. The maximum Gasteiger partial charge on any atom is 0.173 e. The van der Waals surface area contributed by atoms with Crippen LogP contribution in [-0.4, -0.2) is 43.9 Å². The fourth-order valence-corrected chi connectivity index (χ4v) is 3.66. The predicted molar refractivity (Wildman–Crippen MR) is 119 cm³/mol. The average Bonchev–Trinajstić information content (AvgIpc) is 2.70. The summed E-state index contributed by atoms with van der Waals surface area (Å²) in [4.78, 5) is 2.14. The minimum atomic E-state index is 0.207. The Hall–Kier alpha value is -2.18. The third-order valence-corrected chi connectivity index (χ3v) is 5.17. The van der Waals surface area contributed by atoms with E-state index in [0.717, 1.165) is 18.7 Å². The molecule has 0 radical (unpaired) electrons. The molecule has 0 heterocycles. The molecular formula is C21H27ClN2O3S. The Balaban J connectivity index is 2.14. The van der Waals surface area contributed by atoms with Crippen LogP contribution in [0.25, 0.3) is 0 Å². The molecule has 0 amide bonds. The van der Waals surface area contributed by atoms with Crippen molar-refractivity contribution < 1.29 is 14.2 Å². The van der Waals surface area contributed by atoms with Crippen molar-refractivity contribution >= 4 is 34.6 Å². The van der Waals surface area contributed by atoms with E-state index in [2.05, 4.69) is 36.2 Å². The Bertz CT molecular complexity index is 799. The summed E-state index contributed by atoms with van der Waals surface area (Å²) < 4.78 is 16.0. The monoisotopic (exact) mass is 422 g/mol. The van der Waals surface area contributed by atoms with Crippen molar-refractivity contribution in [3.05, 3.63) is 47.0 Å². The Labute approximate surface area is 177 Å². The Morgan fingerprint density at radius 3 is 2.25 bits per heavy atom. The molecule has 28 heavy (non-hydrogen) atoms. The number of thiocarbonyl (C=S) groups is 1. The van der Waals surface area contributed by atoms with Crippen molar-refractivity contribution in [2.75, 3.05) is 33.2 Å². The Morgan fingerprint density at radius 2 is 1.71 bits per heavy atom. The first-order valence-electron chi connectivity index (χ1n) is 9.05. The lowest BCUT2D eigenvalue weighted by molar-refractivity contribution is 0.347. The molecule has 1 atom stereocenters. The SMILES string of the molecule is CCN(C(=S)Nc1cc(OC)c(Cl)cc1OC)C(C)Cc1ccc(OC)cc1. The molecule has 0 aromatic heterocycles. The van der Waals surface area contributed by atoms with E-state index in [0.29, 0.717) is 27.3 Å². The standard InChI is InChI=1S/C21H27ClN2O3S/c1-6-24(14(2)11-15-7-9-16(25-3)10-8-15)21(28)23-18-13-19(26-4)17(22)12-20(18)27-5/h7-10,12-14H,6,11H2,1-5H3,(H,23,28). The zero-order valence-electron chi connectivity index (χ0n) is 16.9. The van der Waals surface area contributed by atoms with Crippen LogP contribution >= 0.6 is 23.8 Å². The second-order valence-electron chi connectivity index (χ2n) is 6.30. The number of methoxy groups -OCH3 is 3. The molecule has 2 rings (SSSR count). The maximum absolute atomic E-state index is 6.18. The second-order valence-corrected chi connectivity index (χ2v) is 7.10. The number of benzene rings is 2. The molecule has 0 spiro atoms. The van der Waals surface area contributed by atoms with E-state index in [-0.39, 0.29) is 6.04 Å². The van der Waals surface area contributed by atoms with Crippen molar-refractivity contribution in [2.45, 2.75) is 26.3 Å². The van der Waals surface area contributed by atoms with Gasteiger partial charge >= 0.3 is 0 Å². The van der Waals surface area contributed by atoms with Gasteiger partial charge in [-0.15, -0.1) is 0 Å². The van der Waals surface area contributed by atoms with Gasteiger partial charge < -0.3 is 24.4 Å². The average molecular weight is 423 g/mol. The van der Waals surface area contributed by atoms with E-state index >= 15 is 0 Å². The van der Waals surface area contributed by atoms with E-state index < -0.39 is 0 Å². The molecular weight excluding hydrogens is 396 g/mol. The lowest BCUT2D eigenvalue weighted by atomic mass is 10.1. The Morgan fingerprint density at radius 1 is 1.07 bits per heavy atom. The first kappa shape index (κ1) is 22.1. The van der Waals surface area contributed by atoms with Crippen LogP contribution in [0.3, 0.4) is 0 Å². The van der Waals surface area contributed by atoms with Crippen LogP contribution in [0.5, 0.6) is 17.2 Å². The first-order chi connectivity index (χ1) is 13.4. The number of ether oxygens (including phenoxy) is 3. The minimum Gasteiger partial charge on any atom is -0.497 e. The molecule has 0 aliphatic heterocycles. The number of halogens is 1. The van der Waals surface area contributed by atoms with Crippen molar-refractivity contribution in [1.82, 2.24) is 4.90 Å². The summed E-state index contributed by atoms with van der Waals surface area (Å²) in [7, 11) is 4.84. The van der Waals surface area contributed by atoms with Gasteiger partial charge in [0.15, 0.2) is 5.11 Å². The highest BCUT2D eigenvalue weighted by atomic mass is 35.5. The number of anilines is 1. The number of hydrogen-bond donors (Lipinski definition) is 1. The van der Waals surface area contributed by atoms with Crippen LogP contribution in [0.2, 0.25) is 5.02 Å². The number of nitrogens with zero attached hydrogens (tertiary/aromatic N) is 1. The van der Waals surface area contributed by atoms with Gasteiger partial charge in [-0.25, -0.2) is 0 Å². The van der Waals surface area contributed by atoms with E-state index in [1.165, 1.54) is 5.56 Å². The van der Waals surface area contributed by atoms with E-state index in [1.807, 2.05) is 12.1 Å². The highest BCUT2D eigenvalue weighted by Gasteiger charge is 2.18. The molecule has 7 heteroatoms. The highest BCUT2D eigenvalue weighted by molar-refractivity contribution is 7.80. The fourth-order valence-electron chi connectivity index (χ4n) is 3.01. The number of likely N-dealkylation sites (N-methyl/N-ethyl adjacent to an activating group) is 1. The summed E-state index contributed by atoms with van der Waals surface area (Å²) >= 11 is 11.9. The van der Waals surface area contributed by atoms with Gasteiger partial charge in [-0.1, -0.05) is 23.7 Å². The van der Waals surface area contributed by atoms with Gasteiger partial charge in [0, 0.05) is 24.7 Å². The van der Waals surface area contributed by atoms with Gasteiger partial charge in [0.2, 0.25) is 0 Å². The lowest BCUT2D eigenvalue weighted by Crippen LogP contribution is -2.42. The maximum atomic E-state index is 6.18. The normalized spacial score (nSPS) is 11.5. The molecule has 1 N–H and O–H groups in total. The number of rotatable bonds is 8. The molecule has 5 nitrogen and oxygen atoms in total. The number of nitrogens with one attached hydrogen (secondary N) is 1. The lowest BCUT2D eigenvalue weighted by Gasteiger charge is -2.31. The zero-order chi connectivity index (χ0) is 20.7. The van der Waals surface area contributed by atoms with Crippen LogP contribution in [0.15, 0.2) is 36.4 Å². The third kappa shape index (κ3) is 5.42. The van der Waals surface area contributed by atoms with Crippen molar-refractivity contribution in [3.8, 4) is 17.2 Å². The van der Waals surface area contributed by atoms with E-state index in [9.17, 15) is 0 Å². The largest absolute Gasteiger partial charge is 0.497 e. The Kier molecular flexibility index (Phi) is 8.20. The third-order valence-electron chi connectivity index (χ3n) is 4.54. The van der Waals surface area contributed by atoms with Gasteiger partial charge in [0.05, 0.1) is 32.0 Å². The van der Waals surface area contributed by atoms with Gasteiger partial charge in [0.1, 0.15) is 17.2 Å². The van der Waals surface area contributed by atoms with Crippen LogP contribution in [-0.2, 0) is 6.42 Å². The molecule has 0 saturated heterocycles. The van der Waals surface area contributed by atoms with E-state index in [1.54, 1.807) is 33.5 Å². The van der Waals surface area contributed by atoms with Crippen molar-refractivity contribution in [2.24, 2.45) is 0 Å². The van der Waals surface area contributed by atoms with Crippen LogP contribution < -0.4 is 19.5 Å². The molecule has 2 aromatic rings. The fraction of sp³-hybridized carbons (Fsp3) is 0.381. The molecule has 0 bridgehead atoms. The summed E-state index contributed by atoms with van der Waals surface area (Å²) in [6.45, 7) is 5.01. The second kappa shape index (κ2) is 10.4. The van der Waals surface area contributed by atoms with Gasteiger partial charge in [-0.3, -0.25) is 0 Å². The summed E-state index contributed by atoms with van der Waals surface area (Å²) in [5.41, 5.74) is 1.93. The van der Waals surface area contributed by atoms with Crippen LogP contribution in [0, 0.1) is 0 Å². The molecule has 0 fully saturated rings. The van der Waals surface area contributed by atoms with Crippen molar-refractivity contribution in [3.63, 3.8) is 0 Å². The van der Waals surface area contributed by atoms with E-state index in [4.69, 9.17) is 38.0 Å². The van der Waals surface area contributed by atoms with Crippen molar-refractivity contribution in [1.29, 1.82) is 0 Å². The minimum absolute atomic E-state index is 0.207. The summed E-state index contributed by atoms with van der Waals surface area (Å²) in [6, 6.07) is 11.8.